The second-order valence-electron chi connectivity index (χ2n) is 4.61. The van der Waals surface area contributed by atoms with Crippen molar-refractivity contribution in [2.75, 3.05) is 30.4 Å². The van der Waals surface area contributed by atoms with Crippen LogP contribution < -0.4 is 15.4 Å². The summed E-state index contributed by atoms with van der Waals surface area (Å²) in [5.74, 6) is 0.00898. The Labute approximate surface area is 121 Å². The summed E-state index contributed by atoms with van der Waals surface area (Å²) in [5, 5.41) is 16.7. The molecule has 1 unspecified atom stereocenters. The van der Waals surface area contributed by atoms with Crippen LogP contribution in [0.3, 0.4) is 0 Å². The third-order valence-electron chi connectivity index (χ3n) is 2.96. The number of hydrogen-bond acceptors (Lipinski definition) is 6. The smallest absolute Gasteiger partial charge is 0.296 e. The van der Waals surface area contributed by atoms with E-state index in [1.54, 1.807) is 0 Å². The van der Waals surface area contributed by atoms with Gasteiger partial charge < -0.3 is 20.1 Å². The van der Waals surface area contributed by atoms with Gasteiger partial charge in [-0.25, -0.2) is 0 Å². The Morgan fingerprint density at radius 1 is 1.57 bits per heavy atom. The molecule has 1 aliphatic rings. The zero-order valence-electron chi connectivity index (χ0n) is 11.8. The third kappa shape index (κ3) is 3.60. The second-order valence-corrected chi connectivity index (χ2v) is 4.61. The average molecular weight is 295 g/mol. The largest absolute Gasteiger partial charge is 0.481 e. The van der Waals surface area contributed by atoms with Crippen molar-refractivity contribution in [1.29, 1.82) is 0 Å². The van der Waals surface area contributed by atoms with Gasteiger partial charge in [-0.2, -0.15) is 0 Å². The van der Waals surface area contributed by atoms with Crippen LogP contribution in [-0.4, -0.2) is 36.7 Å². The molecule has 8 heteroatoms. The number of ether oxygens (including phenoxy) is 2. The van der Waals surface area contributed by atoms with E-state index in [4.69, 9.17) is 9.47 Å². The lowest BCUT2D eigenvalue weighted by Crippen LogP contribution is -2.26. The fourth-order valence-corrected chi connectivity index (χ4v) is 2.01. The van der Waals surface area contributed by atoms with Crippen molar-refractivity contribution in [2.45, 2.75) is 20.0 Å². The molecule has 0 radical (unpaired) electrons. The fourth-order valence-electron chi connectivity index (χ4n) is 2.01. The lowest BCUT2D eigenvalue weighted by molar-refractivity contribution is -0.384. The third-order valence-corrected chi connectivity index (χ3v) is 2.96. The minimum Gasteiger partial charge on any atom is -0.481 e. The van der Waals surface area contributed by atoms with Crippen molar-refractivity contribution in [3.05, 3.63) is 22.2 Å². The number of nitrogens with one attached hydrogen (secondary N) is 2. The van der Waals surface area contributed by atoms with E-state index >= 15 is 0 Å². The maximum Gasteiger partial charge on any atom is 0.296 e. The maximum absolute atomic E-state index is 11.3. The van der Waals surface area contributed by atoms with Crippen LogP contribution in [0, 0.1) is 10.1 Å². The molecule has 0 saturated carbocycles. The van der Waals surface area contributed by atoms with Crippen LogP contribution in [0.15, 0.2) is 12.1 Å². The Morgan fingerprint density at radius 3 is 3.00 bits per heavy atom. The first-order chi connectivity index (χ1) is 10.0. The van der Waals surface area contributed by atoms with Gasteiger partial charge in [0.05, 0.1) is 22.8 Å². The molecule has 8 nitrogen and oxygen atoms in total. The van der Waals surface area contributed by atoms with Crippen LogP contribution >= 0.6 is 0 Å². The minimum absolute atomic E-state index is 0.0866. The van der Waals surface area contributed by atoms with Gasteiger partial charge in [-0.3, -0.25) is 14.9 Å². The Kier molecular flexibility index (Phi) is 4.59. The number of amides is 1. The van der Waals surface area contributed by atoms with Gasteiger partial charge in [-0.05, 0) is 19.9 Å². The SMILES string of the molecule is CCOC(C)CNc1cc2c(cc1[N+](=O)[O-])OCC(=O)N2. The summed E-state index contributed by atoms with van der Waals surface area (Å²) in [6.07, 6.45) is -0.0866. The molecule has 1 heterocycles. The first-order valence-electron chi connectivity index (χ1n) is 6.61. The molecule has 1 amide bonds. The van der Waals surface area contributed by atoms with Crippen LogP contribution in [0.5, 0.6) is 5.75 Å². The van der Waals surface area contributed by atoms with Crippen LogP contribution in [0.1, 0.15) is 13.8 Å². The molecular weight excluding hydrogens is 278 g/mol. The van der Waals surface area contributed by atoms with Gasteiger partial charge in [0.25, 0.3) is 11.6 Å². The fraction of sp³-hybridized carbons (Fsp3) is 0.462. The van der Waals surface area contributed by atoms with Gasteiger partial charge in [0, 0.05) is 13.2 Å². The van der Waals surface area contributed by atoms with Crippen molar-refractivity contribution in [1.82, 2.24) is 0 Å². The highest BCUT2D eigenvalue weighted by Gasteiger charge is 2.23. The number of carbonyl (C=O) groups excluding carboxylic acids is 1. The highest BCUT2D eigenvalue weighted by molar-refractivity contribution is 5.96. The van der Waals surface area contributed by atoms with E-state index in [1.807, 2.05) is 13.8 Å². The van der Waals surface area contributed by atoms with Gasteiger partial charge in [-0.1, -0.05) is 0 Å². The molecule has 0 fully saturated rings. The van der Waals surface area contributed by atoms with E-state index in [1.165, 1.54) is 12.1 Å². The van der Waals surface area contributed by atoms with Gasteiger partial charge in [-0.15, -0.1) is 0 Å². The Bertz CT molecular complexity index is 561. The number of anilines is 2. The van der Waals surface area contributed by atoms with Crippen LogP contribution in [0.4, 0.5) is 17.1 Å². The lowest BCUT2D eigenvalue weighted by Gasteiger charge is -2.20. The minimum atomic E-state index is -0.492. The Morgan fingerprint density at radius 2 is 2.33 bits per heavy atom. The number of nitrogens with zero attached hydrogens (tertiary/aromatic N) is 1. The van der Waals surface area contributed by atoms with E-state index in [9.17, 15) is 14.9 Å². The predicted molar refractivity (Wildman–Crippen MR) is 76.8 cm³/mol. The summed E-state index contributed by atoms with van der Waals surface area (Å²) in [6, 6.07) is 2.81. The lowest BCUT2D eigenvalue weighted by atomic mass is 10.2. The second kappa shape index (κ2) is 6.40. The van der Waals surface area contributed by atoms with Crippen molar-refractivity contribution in [3.8, 4) is 5.75 Å². The van der Waals surface area contributed by atoms with Crippen molar-refractivity contribution in [3.63, 3.8) is 0 Å². The number of benzene rings is 1. The van der Waals surface area contributed by atoms with Crippen LogP contribution in [0.2, 0.25) is 0 Å². The van der Waals surface area contributed by atoms with E-state index in [0.29, 0.717) is 30.3 Å². The molecule has 0 spiro atoms. The highest BCUT2D eigenvalue weighted by atomic mass is 16.6. The molecule has 2 rings (SSSR count). The molecule has 114 valence electrons. The Hall–Kier alpha value is -2.35. The molecule has 0 aliphatic carbocycles. The monoisotopic (exact) mass is 295 g/mol. The van der Waals surface area contributed by atoms with Gasteiger partial charge in [0.2, 0.25) is 0 Å². The molecule has 0 aromatic heterocycles. The molecule has 0 saturated heterocycles. The summed E-state index contributed by atoms with van der Waals surface area (Å²) in [4.78, 5) is 21.9. The summed E-state index contributed by atoms with van der Waals surface area (Å²) < 4.78 is 10.5. The first kappa shape index (κ1) is 15.0. The molecule has 2 N–H and O–H groups in total. The summed E-state index contributed by atoms with van der Waals surface area (Å²) in [5.41, 5.74) is 0.633. The average Bonchev–Trinajstić information content (AvgIpc) is 2.44. The number of fused-ring (bicyclic) bond motifs is 1. The van der Waals surface area contributed by atoms with Gasteiger partial charge in [0.15, 0.2) is 12.4 Å². The summed E-state index contributed by atoms with van der Waals surface area (Å²) in [7, 11) is 0. The summed E-state index contributed by atoms with van der Waals surface area (Å²) >= 11 is 0. The van der Waals surface area contributed by atoms with E-state index in [0.717, 1.165) is 0 Å². The first-order valence-corrected chi connectivity index (χ1v) is 6.61. The number of nitro groups is 1. The number of hydrogen-bond donors (Lipinski definition) is 2. The van der Waals surface area contributed by atoms with Crippen molar-refractivity contribution in [2.24, 2.45) is 0 Å². The quantitative estimate of drug-likeness (QED) is 0.612. The molecule has 1 aliphatic heterocycles. The van der Waals surface area contributed by atoms with Crippen molar-refractivity contribution < 1.29 is 19.2 Å². The molecule has 1 aromatic carbocycles. The van der Waals surface area contributed by atoms with E-state index < -0.39 is 4.92 Å². The molecule has 0 bridgehead atoms. The maximum atomic E-state index is 11.3. The normalized spacial score (nSPS) is 14.7. The zero-order valence-corrected chi connectivity index (χ0v) is 11.8. The van der Waals surface area contributed by atoms with Crippen molar-refractivity contribution >= 4 is 23.0 Å². The number of nitro benzene ring substituents is 1. The number of carbonyl (C=O) groups is 1. The van der Waals surface area contributed by atoms with Crippen LogP contribution in [-0.2, 0) is 9.53 Å². The standard InChI is InChI=1S/C13H17N3O5/c1-3-20-8(2)6-14-9-4-10-12(5-11(9)16(18)19)21-7-13(17)15-10/h4-5,8,14H,3,6-7H2,1-2H3,(H,15,17). The highest BCUT2D eigenvalue weighted by Crippen LogP contribution is 2.37. The van der Waals surface area contributed by atoms with E-state index in [-0.39, 0.29) is 24.3 Å². The van der Waals surface area contributed by atoms with Gasteiger partial charge >= 0.3 is 0 Å². The molecular formula is C13H17N3O5. The molecule has 1 atom stereocenters. The van der Waals surface area contributed by atoms with Gasteiger partial charge in [0.1, 0.15) is 5.69 Å². The van der Waals surface area contributed by atoms with E-state index in [2.05, 4.69) is 10.6 Å². The molecule has 21 heavy (non-hydrogen) atoms. The molecule has 1 aromatic rings. The summed E-state index contributed by atoms with van der Waals surface area (Å²) in [6.45, 7) is 4.59. The zero-order chi connectivity index (χ0) is 15.4. The number of rotatable bonds is 6. The predicted octanol–water partition coefficient (Wildman–Crippen LogP) is 1.76. The van der Waals surface area contributed by atoms with Crippen LogP contribution in [0.25, 0.3) is 0 Å². The Balaban J connectivity index is 2.23. The topological polar surface area (TPSA) is 103 Å².